The van der Waals surface area contributed by atoms with Crippen molar-refractivity contribution in [3.63, 3.8) is 0 Å². The van der Waals surface area contributed by atoms with E-state index in [0.717, 1.165) is 47.7 Å². The zero-order valence-electron chi connectivity index (χ0n) is 24.0. The minimum absolute atomic E-state index is 0.0769. The summed E-state index contributed by atoms with van der Waals surface area (Å²) in [5.74, 6) is 0.124. The van der Waals surface area contributed by atoms with Crippen LogP contribution in [0.1, 0.15) is 98.7 Å². The summed E-state index contributed by atoms with van der Waals surface area (Å²) in [6, 6.07) is 7.76. The first-order valence-electron chi connectivity index (χ1n) is 14.6. The molecule has 1 aromatic carbocycles. The summed E-state index contributed by atoms with van der Waals surface area (Å²) in [7, 11) is 3.95. The maximum Gasteiger partial charge on any atom is 0.256 e. The van der Waals surface area contributed by atoms with E-state index >= 15 is 0 Å². The summed E-state index contributed by atoms with van der Waals surface area (Å²) in [5.41, 5.74) is 6.74. The Morgan fingerprint density at radius 2 is 1.58 bits per heavy atom. The molecule has 0 aliphatic carbocycles. The lowest BCUT2D eigenvalue weighted by atomic mass is 10.0. The largest absolute Gasteiger partial charge is 0.359 e. The van der Waals surface area contributed by atoms with Crippen molar-refractivity contribution in [2.75, 3.05) is 32.5 Å². The van der Waals surface area contributed by atoms with Crippen LogP contribution in [0.3, 0.4) is 0 Å². The summed E-state index contributed by atoms with van der Waals surface area (Å²) in [6.45, 7) is 6.09. The lowest BCUT2D eigenvalue weighted by Gasteiger charge is -2.17. The maximum absolute atomic E-state index is 12.8. The number of H-pyrrole nitrogens is 1. The van der Waals surface area contributed by atoms with Gasteiger partial charge in [-0.3, -0.25) is 9.59 Å². The number of fused-ring (bicyclic) bond motifs is 1. The van der Waals surface area contributed by atoms with Gasteiger partial charge in [0.25, 0.3) is 5.91 Å². The highest BCUT2D eigenvalue weighted by Gasteiger charge is 2.24. The van der Waals surface area contributed by atoms with E-state index in [1.54, 1.807) is 0 Å². The van der Waals surface area contributed by atoms with E-state index < -0.39 is 0 Å². The first kappa shape index (κ1) is 29.7. The number of nitrogens with zero attached hydrogens (tertiary/aromatic N) is 1. The molecule has 6 nitrogen and oxygen atoms in total. The van der Waals surface area contributed by atoms with Gasteiger partial charge >= 0.3 is 0 Å². The van der Waals surface area contributed by atoms with Crippen LogP contribution in [0.25, 0.3) is 11.6 Å². The SMILES string of the molecule is CNCCCCCCCCCCCCN(C)C(=O)CCc1c(C)[nH]c(/C=C2\C(=O)Nc3ccccc32)c1C. The number of rotatable bonds is 17. The number of aromatic amines is 1. The van der Waals surface area contributed by atoms with Gasteiger partial charge in [0, 0.05) is 42.7 Å². The second-order valence-corrected chi connectivity index (χ2v) is 10.8. The zero-order valence-corrected chi connectivity index (χ0v) is 24.0. The molecule has 0 radical (unpaired) electrons. The molecule has 0 saturated carbocycles. The molecule has 0 saturated heterocycles. The quantitative estimate of drug-likeness (QED) is 0.162. The van der Waals surface area contributed by atoms with Crippen molar-refractivity contribution in [1.29, 1.82) is 0 Å². The minimum atomic E-state index is -0.0769. The number of benzene rings is 1. The fourth-order valence-electron chi connectivity index (χ4n) is 5.37. The van der Waals surface area contributed by atoms with Crippen LogP contribution in [0.15, 0.2) is 24.3 Å². The molecule has 1 aromatic heterocycles. The van der Waals surface area contributed by atoms with Crippen LogP contribution >= 0.6 is 0 Å². The Hall–Kier alpha value is -2.86. The summed E-state index contributed by atoms with van der Waals surface area (Å²) < 4.78 is 0. The van der Waals surface area contributed by atoms with Crippen molar-refractivity contribution in [2.45, 2.75) is 90.9 Å². The van der Waals surface area contributed by atoms with Crippen LogP contribution in [0.4, 0.5) is 5.69 Å². The van der Waals surface area contributed by atoms with Gasteiger partial charge in [-0.05, 0) is 70.0 Å². The van der Waals surface area contributed by atoms with E-state index in [4.69, 9.17) is 0 Å². The number of para-hydroxylation sites is 1. The smallest absolute Gasteiger partial charge is 0.256 e. The third-order valence-corrected chi connectivity index (χ3v) is 7.82. The van der Waals surface area contributed by atoms with Gasteiger partial charge in [-0.15, -0.1) is 0 Å². The highest BCUT2D eigenvalue weighted by atomic mass is 16.2. The first-order valence-corrected chi connectivity index (χ1v) is 14.6. The molecule has 3 rings (SSSR count). The second-order valence-electron chi connectivity index (χ2n) is 10.8. The monoisotopic (exact) mass is 520 g/mol. The Labute approximate surface area is 229 Å². The molecule has 0 bridgehead atoms. The van der Waals surface area contributed by atoms with Crippen LogP contribution in [0, 0.1) is 13.8 Å². The normalized spacial score (nSPS) is 13.7. The van der Waals surface area contributed by atoms with Crippen molar-refractivity contribution >= 4 is 29.2 Å². The molecule has 208 valence electrons. The Morgan fingerprint density at radius 1 is 0.947 bits per heavy atom. The molecule has 1 aliphatic rings. The summed E-state index contributed by atoms with van der Waals surface area (Å²) in [6.07, 6.45) is 16.1. The fraction of sp³-hybridized carbons (Fsp3) is 0.562. The number of aromatic nitrogens is 1. The average molecular weight is 521 g/mol. The van der Waals surface area contributed by atoms with Gasteiger partial charge in [0.05, 0.1) is 5.57 Å². The van der Waals surface area contributed by atoms with Crippen LogP contribution in [-0.4, -0.2) is 48.9 Å². The lowest BCUT2D eigenvalue weighted by molar-refractivity contribution is -0.129. The van der Waals surface area contributed by atoms with E-state index in [0.29, 0.717) is 18.4 Å². The fourth-order valence-corrected chi connectivity index (χ4v) is 5.37. The van der Waals surface area contributed by atoms with E-state index in [-0.39, 0.29) is 11.8 Å². The molecule has 6 heteroatoms. The maximum atomic E-state index is 12.8. The molecule has 1 aliphatic heterocycles. The van der Waals surface area contributed by atoms with Crippen molar-refractivity contribution in [1.82, 2.24) is 15.2 Å². The summed E-state index contributed by atoms with van der Waals surface area (Å²) in [5, 5.41) is 6.14. The van der Waals surface area contributed by atoms with Crippen LogP contribution in [0.5, 0.6) is 0 Å². The van der Waals surface area contributed by atoms with Crippen molar-refractivity contribution < 1.29 is 9.59 Å². The van der Waals surface area contributed by atoms with Crippen LogP contribution in [0.2, 0.25) is 0 Å². The highest BCUT2D eigenvalue weighted by Crippen LogP contribution is 2.33. The first-order chi connectivity index (χ1) is 18.4. The van der Waals surface area contributed by atoms with Gasteiger partial charge in [0.2, 0.25) is 5.91 Å². The number of aryl methyl sites for hydroxylation is 1. The van der Waals surface area contributed by atoms with Gasteiger partial charge in [0.15, 0.2) is 0 Å². The molecule has 0 unspecified atom stereocenters. The molecular formula is C32H48N4O2. The van der Waals surface area contributed by atoms with Crippen LogP contribution in [-0.2, 0) is 16.0 Å². The molecule has 0 fully saturated rings. The standard InChI is InChI=1S/C32H48N4O2/c1-24-26(25(2)34-30(24)23-28-27-17-13-14-18-29(27)35-32(28)38)19-20-31(37)36(4)22-16-12-10-8-6-5-7-9-11-15-21-33-3/h13-14,17-18,23,33-34H,5-12,15-16,19-22H2,1-4H3,(H,35,38)/b28-23-. The minimum Gasteiger partial charge on any atom is -0.359 e. The number of carbonyl (C=O) groups excluding carboxylic acids is 2. The van der Waals surface area contributed by atoms with Gasteiger partial charge in [-0.25, -0.2) is 0 Å². The van der Waals surface area contributed by atoms with Crippen molar-refractivity contribution in [3.8, 4) is 0 Å². The molecule has 2 heterocycles. The molecule has 0 spiro atoms. The number of unbranched alkanes of at least 4 members (excludes halogenated alkanes) is 9. The predicted octanol–water partition coefficient (Wildman–Crippen LogP) is 6.64. The number of carbonyl (C=O) groups is 2. The molecule has 0 atom stereocenters. The Bertz CT molecular complexity index is 1090. The third-order valence-electron chi connectivity index (χ3n) is 7.82. The van der Waals surface area contributed by atoms with E-state index in [1.165, 1.54) is 63.4 Å². The zero-order chi connectivity index (χ0) is 27.3. The molecule has 38 heavy (non-hydrogen) atoms. The lowest BCUT2D eigenvalue weighted by Crippen LogP contribution is -2.28. The number of nitrogens with one attached hydrogen (secondary N) is 3. The third kappa shape index (κ3) is 8.59. The molecule has 2 aromatic rings. The van der Waals surface area contributed by atoms with Gasteiger partial charge in [-0.1, -0.05) is 69.6 Å². The average Bonchev–Trinajstić information content (AvgIpc) is 3.37. The molecular weight excluding hydrogens is 472 g/mol. The number of amides is 2. The highest BCUT2D eigenvalue weighted by molar-refractivity contribution is 6.34. The summed E-state index contributed by atoms with van der Waals surface area (Å²) in [4.78, 5) is 30.6. The topological polar surface area (TPSA) is 77.2 Å². The van der Waals surface area contributed by atoms with E-state index in [1.807, 2.05) is 56.3 Å². The molecule has 2 amide bonds. The van der Waals surface area contributed by atoms with Gasteiger partial charge < -0.3 is 20.5 Å². The number of hydrogen-bond acceptors (Lipinski definition) is 3. The Morgan fingerprint density at radius 3 is 2.26 bits per heavy atom. The van der Waals surface area contributed by atoms with Crippen LogP contribution < -0.4 is 10.6 Å². The van der Waals surface area contributed by atoms with Crippen molar-refractivity contribution in [3.05, 3.63) is 52.3 Å². The van der Waals surface area contributed by atoms with Crippen molar-refractivity contribution in [2.24, 2.45) is 0 Å². The number of hydrogen-bond donors (Lipinski definition) is 3. The van der Waals surface area contributed by atoms with E-state index in [9.17, 15) is 9.59 Å². The number of anilines is 1. The van der Waals surface area contributed by atoms with Gasteiger partial charge in [0.1, 0.15) is 0 Å². The second kappa shape index (κ2) is 15.5. The van der Waals surface area contributed by atoms with Gasteiger partial charge in [-0.2, -0.15) is 0 Å². The molecule has 3 N–H and O–H groups in total. The Balaban J connectivity index is 1.36. The van der Waals surface area contributed by atoms with E-state index in [2.05, 4.69) is 22.5 Å². The predicted molar refractivity (Wildman–Crippen MR) is 159 cm³/mol. The summed E-state index contributed by atoms with van der Waals surface area (Å²) >= 11 is 0. The Kier molecular flexibility index (Phi) is 12.1.